The number of aryl methyl sites for hydroxylation is 1. The fourth-order valence-corrected chi connectivity index (χ4v) is 2.47. The van der Waals surface area contributed by atoms with Gasteiger partial charge in [-0.1, -0.05) is 24.6 Å². The Morgan fingerprint density at radius 1 is 1.56 bits per heavy atom. The standard InChI is InChI=1S/C13H15ClN2OS/c1-3-9-7-15-13(18)16(12(9)17)11-6-10(14)5-4-8(11)2/h4-6,9H,3,7H2,1-2H3,(H,15,18). The molecule has 3 nitrogen and oxygen atoms in total. The molecule has 1 aromatic carbocycles. The molecule has 96 valence electrons. The predicted octanol–water partition coefficient (Wildman–Crippen LogP) is 2.90. The van der Waals surface area contributed by atoms with Crippen LogP contribution in [0.4, 0.5) is 5.69 Å². The SMILES string of the molecule is CCC1CNC(=S)N(c2cc(Cl)ccc2C)C1=O. The minimum Gasteiger partial charge on any atom is -0.361 e. The topological polar surface area (TPSA) is 32.3 Å². The summed E-state index contributed by atoms with van der Waals surface area (Å²) in [4.78, 5) is 13.9. The lowest BCUT2D eigenvalue weighted by atomic mass is 10.0. The Hall–Kier alpha value is -1.13. The lowest BCUT2D eigenvalue weighted by Crippen LogP contribution is -2.55. The quantitative estimate of drug-likeness (QED) is 0.847. The molecule has 1 atom stereocenters. The molecule has 1 aliphatic heterocycles. The van der Waals surface area contributed by atoms with Crippen molar-refractivity contribution < 1.29 is 4.79 Å². The van der Waals surface area contributed by atoms with E-state index in [9.17, 15) is 4.79 Å². The maximum absolute atomic E-state index is 12.4. The molecule has 18 heavy (non-hydrogen) atoms. The molecule has 1 aliphatic rings. The number of amides is 1. The van der Waals surface area contributed by atoms with E-state index in [1.807, 2.05) is 26.0 Å². The summed E-state index contributed by atoms with van der Waals surface area (Å²) in [6, 6.07) is 5.48. The normalized spacial score (nSPS) is 19.9. The fourth-order valence-electron chi connectivity index (χ4n) is 2.03. The number of hydrogen-bond donors (Lipinski definition) is 1. The van der Waals surface area contributed by atoms with Crippen LogP contribution in [0.2, 0.25) is 5.02 Å². The monoisotopic (exact) mass is 282 g/mol. The second-order valence-corrected chi connectivity index (χ2v) is 5.22. The number of anilines is 1. The lowest BCUT2D eigenvalue weighted by Gasteiger charge is -2.34. The Morgan fingerprint density at radius 3 is 2.94 bits per heavy atom. The van der Waals surface area contributed by atoms with Gasteiger partial charge in [0.2, 0.25) is 5.91 Å². The van der Waals surface area contributed by atoms with Crippen molar-refractivity contribution in [1.29, 1.82) is 0 Å². The summed E-state index contributed by atoms with van der Waals surface area (Å²) < 4.78 is 0. The zero-order chi connectivity index (χ0) is 13.3. The molecule has 2 rings (SSSR count). The van der Waals surface area contributed by atoms with E-state index in [1.54, 1.807) is 11.0 Å². The summed E-state index contributed by atoms with van der Waals surface area (Å²) in [6.45, 7) is 4.56. The Bertz CT molecular complexity index is 504. The maximum atomic E-state index is 12.4. The first-order valence-electron chi connectivity index (χ1n) is 5.92. The zero-order valence-electron chi connectivity index (χ0n) is 10.4. The van der Waals surface area contributed by atoms with Gasteiger partial charge in [-0.25, -0.2) is 0 Å². The number of halogens is 1. The van der Waals surface area contributed by atoms with Crippen LogP contribution in [-0.4, -0.2) is 17.6 Å². The molecule has 1 heterocycles. The summed E-state index contributed by atoms with van der Waals surface area (Å²) in [5, 5.41) is 4.16. The van der Waals surface area contributed by atoms with Gasteiger partial charge in [0.15, 0.2) is 5.11 Å². The average molecular weight is 283 g/mol. The molecule has 0 radical (unpaired) electrons. The van der Waals surface area contributed by atoms with Gasteiger partial charge in [-0.2, -0.15) is 0 Å². The summed E-state index contributed by atoms with van der Waals surface area (Å²) in [5.74, 6) is 0.0155. The van der Waals surface area contributed by atoms with Gasteiger partial charge in [-0.05, 0) is 43.3 Å². The molecule has 0 aliphatic carbocycles. The van der Waals surface area contributed by atoms with Crippen LogP contribution in [-0.2, 0) is 4.79 Å². The molecule has 0 saturated carbocycles. The number of carbonyl (C=O) groups is 1. The van der Waals surface area contributed by atoms with Gasteiger partial charge in [0.1, 0.15) is 0 Å². The first-order valence-corrected chi connectivity index (χ1v) is 6.71. The molecule has 0 spiro atoms. The Kier molecular flexibility index (Phi) is 3.88. The van der Waals surface area contributed by atoms with Crippen LogP contribution in [0.5, 0.6) is 0 Å². The minimum atomic E-state index is -0.0323. The molecule has 1 N–H and O–H groups in total. The highest BCUT2D eigenvalue weighted by molar-refractivity contribution is 7.80. The smallest absolute Gasteiger partial charge is 0.238 e. The molecule has 0 aromatic heterocycles. The van der Waals surface area contributed by atoms with Crippen LogP contribution < -0.4 is 10.2 Å². The molecular formula is C13H15ClN2OS. The van der Waals surface area contributed by atoms with Crippen molar-refractivity contribution in [1.82, 2.24) is 5.32 Å². The summed E-state index contributed by atoms with van der Waals surface area (Å²) in [7, 11) is 0. The van der Waals surface area contributed by atoms with Gasteiger partial charge in [0, 0.05) is 11.6 Å². The number of hydrogen-bond acceptors (Lipinski definition) is 2. The van der Waals surface area contributed by atoms with E-state index in [0.717, 1.165) is 17.7 Å². The van der Waals surface area contributed by atoms with Crippen LogP contribution in [0.15, 0.2) is 18.2 Å². The summed E-state index contributed by atoms with van der Waals surface area (Å²) >= 11 is 11.2. The molecule has 1 saturated heterocycles. The van der Waals surface area contributed by atoms with Gasteiger partial charge in [0.05, 0.1) is 11.6 Å². The Labute approximate surface area is 117 Å². The van der Waals surface area contributed by atoms with E-state index in [1.165, 1.54) is 0 Å². The van der Waals surface area contributed by atoms with Crippen LogP contribution in [0.1, 0.15) is 18.9 Å². The highest BCUT2D eigenvalue weighted by atomic mass is 35.5. The third-order valence-electron chi connectivity index (χ3n) is 3.18. The highest BCUT2D eigenvalue weighted by Gasteiger charge is 2.32. The average Bonchev–Trinajstić information content (AvgIpc) is 2.34. The number of thiocarbonyl (C=S) groups is 1. The molecule has 1 aromatic rings. The molecule has 1 unspecified atom stereocenters. The van der Waals surface area contributed by atoms with Crippen molar-refractivity contribution >= 4 is 40.5 Å². The van der Waals surface area contributed by atoms with E-state index in [2.05, 4.69) is 5.32 Å². The van der Waals surface area contributed by atoms with Crippen LogP contribution in [0.3, 0.4) is 0 Å². The van der Waals surface area contributed by atoms with Gasteiger partial charge >= 0.3 is 0 Å². The van der Waals surface area contributed by atoms with Crippen molar-refractivity contribution in [2.24, 2.45) is 5.92 Å². The fraction of sp³-hybridized carbons (Fsp3) is 0.385. The third-order valence-corrected chi connectivity index (χ3v) is 3.74. The summed E-state index contributed by atoms with van der Waals surface area (Å²) in [6.07, 6.45) is 0.796. The number of carbonyl (C=O) groups excluding carboxylic acids is 1. The van der Waals surface area contributed by atoms with Crippen LogP contribution >= 0.6 is 23.8 Å². The second kappa shape index (κ2) is 5.24. The number of nitrogens with zero attached hydrogens (tertiary/aromatic N) is 1. The maximum Gasteiger partial charge on any atom is 0.238 e. The van der Waals surface area contributed by atoms with Crippen molar-refractivity contribution in [3.05, 3.63) is 28.8 Å². The van der Waals surface area contributed by atoms with E-state index < -0.39 is 0 Å². The Morgan fingerprint density at radius 2 is 2.28 bits per heavy atom. The number of nitrogens with one attached hydrogen (secondary N) is 1. The third kappa shape index (κ3) is 2.35. The van der Waals surface area contributed by atoms with Crippen molar-refractivity contribution in [3.8, 4) is 0 Å². The van der Waals surface area contributed by atoms with Crippen LogP contribution in [0.25, 0.3) is 0 Å². The molecule has 1 amide bonds. The van der Waals surface area contributed by atoms with Crippen molar-refractivity contribution in [3.63, 3.8) is 0 Å². The first-order chi connectivity index (χ1) is 8.54. The van der Waals surface area contributed by atoms with Crippen molar-refractivity contribution in [2.45, 2.75) is 20.3 Å². The second-order valence-electron chi connectivity index (χ2n) is 4.40. The summed E-state index contributed by atoms with van der Waals surface area (Å²) in [5.41, 5.74) is 1.75. The highest BCUT2D eigenvalue weighted by Crippen LogP contribution is 2.27. The van der Waals surface area contributed by atoms with E-state index in [0.29, 0.717) is 16.7 Å². The zero-order valence-corrected chi connectivity index (χ0v) is 11.9. The van der Waals surface area contributed by atoms with Gasteiger partial charge in [0.25, 0.3) is 0 Å². The minimum absolute atomic E-state index is 0.0323. The van der Waals surface area contributed by atoms with Crippen LogP contribution in [0, 0.1) is 12.8 Å². The molecule has 1 fully saturated rings. The number of rotatable bonds is 2. The van der Waals surface area contributed by atoms with Crippen molar-refractivity contribution in [2.75, 3.05) is 11.4 Å². The largest absolute Gasteiger partial charge is 0.361 e. The molecule has 0 bridgehead atoms. The van der Waals surface area contributed by atoms with Gasteiger partial charge in [-0.3, -0.25) is 9.69 Å². The first kappa shape index (κ1) is 13.3. The van der Waals surface area contributed by atoms with E-state index in [-0.39, 0.29) is 11.8 Å². The number of benzene rings is 1. The van der Waals surface area contributed by atoms with E-state index in [4.69, 9.17) is 23.8 Å². The van der Waals surface area contributed by atoms with E-state index >= 15 is 0 Å². The molecular weight excluding hydrogens is 268 g/mol. The molecule has 5 heteroatoms. The Balaban J connectivity index is 2.43. The predicted molar refractivity (Wildman–Crippen MR) is 78.1 cm³/mol. The lowest BCUT2D eigenvalue weighted by molar-refractivity contribution is -0.121. The van der Waals surface area contributed by atoms with Gasteiger partial charge < -0.3 is 5.32 Å². The van der Waals surface area contributed by atoms with Gasteiger partial charge in [-0.15, -0.1) is 0 Å².